The number of benzene rings is 1. The van der Waals surface area contributed by atoms with Gasteiger partial charge in [-0.1, -0.05) is 12.8 Å². The summed E-state index contributed by atoms with van der Waals surface area (Å²) in [6.45, 7) is 1.72. The van der Waals surface area contributed by atoms with E-state index in [1.807, 2.05) is 0 Å². The molecule has 1 N–H and O–H groups in total. The van der Waals surface area contributed by atoms with Crippen molar-refractivity contribution in [2.75, 3.05) is 7.11 Å². The average molecular weight is 265 g/mol. The topological polar surface area (TPSA) is 58.9 Å². The summed E-state index contributed by atoms with van der Waals surface area (Å²) in [4.78, 5) is 14.5. The first kappa shape index (κ1) is 13.6. The number of hydrogen-bond acceptors (Lipinski definition) is 4. The summed E-state index contributed by atoms with van der Waals surface area (Å²) in [6.07, 6.45) is 4.46. The molecular weight excluding hydrogens is 249 g/mol. The van der Waals surface area contributed by atoms with Crippen molar-refractivity contribution in [3.8, 4) is 11.5 Å². The Morgan fingerprint density at radius 3 is 2.63 bits per heavy atom. The smallest absolute Gasteiger partial charge is 0.235 e. The Hall–Kier alpha value is -1.87. The largest absolute Gasteiger partial charge is 0.502 e. The van der Waals surface area contributed by atoms with Crippen molar-refractivity contribution < 1.29 is 19.0 Å². The number of ether oxygens (including phenoxy) is 1. The monoisotopic (exact) mass is 265 g/mol. The van der Waals surface area contributed by atoms with E-state index in [9.17, 15) is 14.3 Å². The molecule has 1 aromatic carbocycles. The third-order valence-corrected chi connectivity index (χ3v) is 3.77. The van der Waals surface area contributed by atoms with Crippen molar-refractivity contribution in [2.45, 2.75) is 38.1 Å². The molecule has 1 aliphatic rings. The van der Waals surface area contributed by atoms with Crippen molar-refractivity contribution >= 4 is 6.08 Å². The van der Waals surface area contributed by atoms with Gasteiger partial charge in [0.15, 0.2) is 17.3 Å². The minimum absolute atomic E-state index is 0.115. The summed E-state index contributed by atoms with van der Waals surface area (Å²) in [5.41, 5.74) is -0.0201. The Balaban J connectivity index is 2.65. The van der Waals surface area contributed by atoms with Crippen LogP contribution in [0.5, 0.6) is 11.5 Å². The van der Waals surface area contributed by atoms with E-state index in [1.54, 1.807) is 13.0 Å². The van der Waals surface area contributed by atoms with E-state index in [2.05, 4.69) is 4.99 Å². The van der Waals surface area contributed by atoms with E-state index in [-0.39, 0.29) is 11.3 Å². The molecule has 0 amide bonds. The van der Waals surface area contributed by atoms with Crippen molar-refractivity contribution in [3.05, 3.63) is 23.0 Å². The number of aliphatic imine (C=N–C) groups is 1. The van der Waals surface area contributed by atoms with Crippen LogP contribution < -0.4 is 4.74 Å². The predicted octanol–water partition coefficient (Wildman–Crippen LogP) is 2.95. The molecule has 1 aromatic rings. The quantitative estimate of drug-likeness (QED) is 0.675. The first-order valence-corrected chi connectivity index (χ1v) is 6.21. The number of phenolic OH excluding ortho intramolecular Hbond substituents is 1. The standard InChI is InChI=1S/C14H16FNO3/c1-9-7-10(11(15)12(18)13(9)19-2)14(16-8-17)5-3-4-6-14/h7,18H,3-6H2,1-2H3. The fraction of sp³-hybridized carbons (Fsp3) is 0.500. The number of isocyanates is 1. The van der Waals surface area contributed by atoms with Crippen LogP contribution in [0.25, 0.3) is 0 Å². The summed E-state index contributed by atoms with van der Waals surface area (Å²) in [5, 5.41) is 9.86. The second-order valence-electron chi connectivity index (χ2n) is 4.88. The van der Waals surface area contributed by atoms with Gasteiger partial charge in [-0.3, -0.25) is 0 Å². The third kappa shape index (κ3) is 2.10. The highest BCUT2D eigenvalue weighted by molar-refractivity contribution is 5.52. The molecule has 1 fully saturated rings. The van der Waals surface area contributed by atoms with Crippen LogP contribution in [-0.2, 0) is 10.3 Å². The van der Waals surface area contributed by atoms with Gasteiger partial charge in [-0.25, -0.2) is 9.18 Å². The van der Waals surface area contributed by atoms with Crippen molar-refractivity contribution in [1.29, 1.82) is 0 Å². The van der Waals surface area contributed by atoms with E-state index in [4.69, 9.17) is 4.74 Å². The summed E-state index contributed by atoms with van der Waals surface area (Å²) in [6, 6.07) is 1.60. The van der Waals surface area contributed by atoms with Crippen LogP contribution >= 0.6 is 0 Å². The molecule has 5 heteroatoms. The highest BCUT2D eigenvalue weighted by atomic mass is 19.1. The Kier molecular flexibility index (Phi) is 3.58. The number of methoxy groups -OCH3 is 1. The van der Waals surface area contributed by atoms with E-state index >= 15 is 0 Å². The summed E-state index contributed by atoms with van der Waals surface area (Å²) in [7, 11) is 1.37. The minimum Gasteiger partial charge on any atom is -0.502 e. The molecule has 0 spiro atoms. The maximum atomic E-state index is 14.3. The van der Waals surface area contributed by atoms with Crippen LogP contribution in [0, 0.1) is 12.7 Å². The first-order valence-electron chi connectivity index (χ1n) is 6.21. The molecule has 2 rings (SSSR count). The van der Waals surface area contributed by atoms with E-state index < -0.39 is 17.1 Å². The van der Waals surface area contributed by atoms with Gasteiger partial charge in [0.25, 0.3) is 0 Å². The van der Waals surface area contributed by atoms with E-state index in [1.165, 1.54) is 13.2 Å². The van der Waals surface area contributed by atoms with Gasteiger partial charge < -0.3 is 9.84 Å². The van der Waals surface area contributed by atoms with Gasteiger partial charge in [0, 0.05) is 5.56 Å². The van der Waals surface area contributed by atoms with Gasteiger partial charge in [0.2, 0.25) is 6.08 Å². The fourth-order valence-electron chi connectivity index (χ4n) is 2.84. The number of aryl methyl sites for hydroxylation is 1. The Morgan fingerprint density at radius 2 is 2.11 bits per heavy atom. The average Bonchev–Trinajstić information content (AvgIpc) is 2.84. The molecule has 0 atom stereocenters. The van der Waals surface area contributed by atoms with Crippen LogP contribution in [0.3, 0.4) is 0 Å². The van der Waals surface area contributed by atoms with E-state index in [0.29, 0.717) is 18.4 Å². The minimum atomic E-state index is -0.889. The summed E-state index contributed by atoms with van der Waals surface area (Å²) < 4.78 is 19.3. The number of hydrogen-bond donors (Lipinski definition) is 1. The van der Waals surface area contributed by atoms with Crippen LogP contribution in [-0.4, -0.2) is 18.3 Å². The Labute approximate surface area is 110 Å². The third-order valence-electron chi connectivity index (χ3n) is 3.77. The highest BCUT2D eigenvalue weighted by Gasteiger charge is 2.39. The molecule has 1 aliphatic carbocycles. The molecule has 1 saturated carbocycles. The van der Waals surface area contributed by atoms with Crippen molar-refractivity contribution in [3.63, 3.8) is 0 Å². The molecule has 0 unspecified atom stereocenters. The second-order valence-corrected chi connectivity index (χ2v) is 4.88. The number of phenols is 1. The molecule has 0 saturated heterocycles. The van der Waals surface area contributed by atoms with E-state index in [0.717, 1.165) is 12.8 Å². The zero-order valence-electron chi connectivity index (χ0n) is 11.0. The maximum absolute atomic E-state index is 14.3. The molecule has 102 valence electrons. The van der Waals surface area contributed by atoms with Gasteiger partial charge in [-0.05, 0) is 31.4 Å². The zero-order chi connectivity index (χ0) is 14.0. The van der Waals surface area contributed by atoms with Gasteiger partial charge in [0.1, 0.15) is 5.54 Å². The van der Waals surface area contributed by atoms with Crippen LogP contribution in [0.15, 0.2) is 11.1 Å². The van der Waals surface area contributed by atoms with Gasteiger partial charge in [-0.15, -0.1) is 0 Å². The van der Waals surface area contributed by atoms with Crippen molar-refractivity contribution in [1.82, 2.24) is 0 Å². The lowest BCUT2D eigenvalue weighted by Gasteiger charge is -2.25. The highest BCUT2D eigenvalue weighted by Crippen LogP contribution is 2.47. The SMILES string of the molecule is COc1c(C)cc(C2(N=C=O)CCCC2)c(F)c1O. The lowest BCUT2D eigenvalue weighted by molar-refractivity contribution is 0.344. The summed E-state index contributed by atoms with van der Waals surface area (Å²) >= 11 is 0. The number of nitrogens with zero attached hydrogens (tertiary/aromatic N) is 1. The van der Waals surface area contributed by atoms with Gasteiger partial charge in [0.05, 0.1) is 7.11 Å². The lowest BCUT2D eigenvalue weighted by atomic mass is 9.87. The molecule has 0 bridgehead atoms. The Morgan fingerprint density at radius 1 is 1.47 bits per heavy atom. The number of rotatable bonds is 3. The molecule has 0 radical (unpaired) electrons. The molecule has 4 nitrogen and oxygen atoms in total. The number of carbonyl (C=O) groups excluding carboxylic acids is 1. The lowest BCUT2D eigenvalue weighted by Crippen LogP contribution is -2.21. The summed E-state index contributed by atoms with van der Waals surface area (Å²) in [5.74, 6) is -1.17. The van der Waals surface area contributed by atoms with Gasteiger partial charge >= 0.3 is 0 Å². The van der Waals surface area contributed by atoms with Gasteiger partial charge in [-0.2, -0.15) is 4.99 Å². The normalized spacial score (nSPS) is 17.0. The predicted molar refractivity (Wildman–Crippen MR) is 67.6 cm³/mol. The first-order chi connectivity index (χ1) is 9.05. The molecule has 0 aromatic heterocycles. The maximum Gasteiger partial charge on any atom is 0.235 e. The zero-order valence-corrected chi connectivity index (χ0v) is 11.0. The number of aromatic hydroxyl groups is 1. The fourth-order valence-corrected chi connectivity index (χ4v) is 2.84. The van der Waals surface area contributed by atoms with Crippen LogP contribution in [0.4, 0.5) is 4.39 Å². The molecular formula is C14H16FNO3. The molecule has 0 heterocycles. The number of halogens is 1. The van der Waals surface area contributed by atoms with Crippen LogP contribution in [0.2, 0.25) is 0 Å². The Bertz CT molecular complexity index is 544. The van der Waals surface area contributed by atoms with Crippen molar-refractivity contribution in [2.24, 2.45) is 4.99 Å². The van der Waals surface area contributed by atoms with Crippen LogP contribution in [0.1, 0.15) is 36.8 Å². The molecule has 0 aliphatic heterocycles. The molecule has 19 heavy (non-hydrogen) atoms. The second kappa shape index (κ2) is 5.02.